The Hall–Kier alpha value is -3.12. The van der Waals surface area contributed by atoms with Gasteiger partial charge in [-0.3, -0.25) is 4.79 Å². The van der Waals surface area contributed by atoms with Gasteiger partial charge in [0.15, 0.2) is 12.4 Å². The molecule has 1 atom stereocenters. The SMILES string of the molecule is COC(=O)COc1ccc(C(=O)c2c(C(C)O)oc3ccccc23)cc1C. The fraction of sp³-hybridized carbons (Fsp3) is 0.238. The van der Waals surface area contributed by atoms with Crippen LogP contribution in [0.15, 0.2) is 46.9 Å². The van der Waals surface area contributed by atoms with Gasteiger partial charge in [0.2, 0.25) is 0 Å². The lowest BCUT2D eigenvalue weighted by Gasteiger charge is -2.10. The third-order valence-corrected chi connectivity index (χ3v) is 4.24. The van der Waals surface area contributed by atoms with Gasteiger partial charge >= 0.3 is 5.97 Å². The number of furan rings is 1. The number of aliphatic hydroxyl groups is 1. The number of fused-ring (bicyclic) bond motifs is 1. The van der Waals surface area contributed by atoms with Gasteiger partial charge < -0.3 is 19.0 Å². The summed E-state index contributed by atoms with van der Waals surface area (Å²) < 4.78 is 15.6. The molecule has 3 aromatic rings. The van der Waals surface area contributed by atoms with Gasteiger partial charge in [0.1, 0.15) is 23.2 Å². The molecule has 1 unspecified atom stereocenters. The Morgan fingerprint density at radius 1 is 1.19 bits per heavy atom. The van der Waals surface area contributed by atoms with E-state index < -0.39 is 12.1 Å². The van der Waals surface area contributed by atoms with E-state index in [-0.39, 0.29) is 18.2 Å². The first-order chi connectivity index (χ1) is 12.9. The minimum atomic E-state index is -0.917. The van der Waals surface area contributed by atoms with Crippen LogP contribution in [-0.4, -0.2) is 30.6 Å². The van der Waals surface area contributed by atoms with Crippen molar-refractivity contribution in [2.24, 2.45) is 0 Å². The highest BCUT2D eigenvalue weighted by atomic mass is 16.6. The number of ether oxygens (including phenoxy) is 2. The van der Waals surface area contributed by atoms with Crippen molar-refractivity contribution in [1.82, 2.24) is 0 Å². The molecule has 0 fully saturated rings. The highest BCUT2D eigenvalue weighted by Crippen LogP contribution is 2.32. The molecular weight excluding hydrogens is 348 g/mol. The molecule has 0 amide bonds. The minimum absolute atomic E-state index is 0.205. The number of benzene rings is 2. The molecule has 27 heavy (non-hydrogen) atoms. The topological polar surface area (TPSA) is 86.0 Å². The minimum Gasteiger partial charge on any atom is -0.482 e. The summed E-state index contributed by atoms with van der Waals surface area (Å²) in [6.07, 6.45) is -0.917. The van der Waals surface area contributed by atoms with Crippen molar-refractivity contribution in [2.45, 2.75) is 20.0 Å². The van der Waals surface area contributed by atoms with Crippen molar-refractivity contribution in [3.8, 4) is 5.75 Å². The molecule has 0 aliphatic heterocycles. The number of carbonyl (C=O) groups is 2. The van der Waals surface area contributed by atoms with E-state index in [0.717, 1.165) is 0 Å². The predicted octanol–water partition coefficient (Wildman–Crippen LogP) is 3.58. The molecular formula is C21H20O6. The van der Waals surface area contributed by atoms with Gasteiger partial charge in [-0.1, -0.05) is 18.2 Å². The predicted molar refractivity (Wildman–Crippen MR) is 99.0 cm³/mol. The van der Waals surface area contributed by atoms with Crippen LogP contribution in [0.4, 0.5) is 0 Å². The number of carbonyl (C=O) groups excluding carboxylic acids is 2. The quantitative estimate of drug-likeness (QED) is 0.529. The van der Waals surface area contributed by atoms with E-state index in [9.17, 15) is 14.7 Å². The molecule has 6 heteroatoms. The molecule has 2 aromatic carbocycles. The van der Waals surface area contributed by atoms with E-state index in [1.54, 1.807) is 44.2 Å². The molecule has 0 saturated heterocycles. The first kappa shape index (κ1) is 18.7. The number of aliphatic hydroxyl groups excluding tert-OH is 1. The highest BCUT2D eigenvalue weighted by molar-refractivity contribution is 6.17. The second kappa shape index (κ2) is 7.63. The summed E-state index contributed by atoms with van der Waals surface area (Å²) in [5.74, 6) is -0.00548. The zero-order chi connectivity index (χ0) is 19.6. The number of methoxy groups -OCH3 is 1. The maximum Gasteiger partial charge on any atom is 0.343 e. The number of aryl methyl sites for hydroxylation is 1. The number of rotatable bonds is 6. The van der Waals surface area contributed by atoms with E-state index >= 15 is 0 Å². The summed E-state index contributed by atoms with van der Waals surface area (Å²) in [4.78, 5) is 24.4. The largest absolute Gasteiger partial charge is 0.482 e. The van der Waals surface area contributed by atoms with Gasteiger partial charge in [-0.05, 0) is 43.7 Å². The average molecular weight is 368 g/mol. The van der Waals surface area contributed by atoms with E-state index in [0.29, 0.717) is 33.4 Å². The van der Waals surface area contributed by atoms with E-state index in [1.807, 2.05) is 12.1 Å². The van der Waals surface area contributed by atoms with E-state index in [1.165, 1.54) is 7.11 Å². The summed E-state index contributed by atoms with van der Waals surface area (Å²) in [6.45, 7) is 3.14. The standard InChI is InChI=1S/C21H20O6/c1-12-10-14(8-9-16(12)26-11-18(23)25-3)20(24)19-15-6-4-5-7-17(15)27-21(19)13(2)22/h4-10,13,22H,11H2,1-3H3. The Morgan fingerprint density at radius 3 is 2.59 bits per heavy atom. The Labute approximate surface area is 156 Å². The van der Waals surface area contributed by atoms with Crippen LogP contribution >= 0.6 is 0 Å². The molecule has 0 aliphatic carbocycles. The Balaban J connectivity index is 1.97. The van der Waals surface area contributed by atoms with Crippen LogP contribution in [0.3, 0.4) is 0 Å². The number of esters is 1. The van der Waals surface area contributed by atoms with Crippen molar-refractivity contribution < 1.29 is 28.6 Å². The van der Waals surface area contributed by atoms with Crippen molar-refractivity contribution in [3.05, 3.63) is 64.9 Å². The summed E-state index contributed by atoms with van der Waals surface area (Å²) in [5, 5.41) is 10.7. The van der Waals surface area contributed by atoms with E-state index in [4.69, 9.17) is 9.15 Å². The normalized spacial score (nSPS) is 12.0. The first-order valence-corrected chi connectivity index (χ1v) is 8.46. The molecule has 0 saturated carbocycles. The Bertz CT molecular complexity index is 999. The van der Waals surface area contributed by atoms with Crippen LogP contribution in [0.25, 0.3) is 11.0 Å². The lowest BCUT2D eigenvalue weighted by molar-refractivity contribution is -0.142. The molecule has 1 N–H and O–H groups in total. The zero-order valence-corrected chi connectivity index (χ0v) is 15.3. The lowest BCUT2D eigenvalue weighted by Crippen LogP contribution is -2.13. The van der Waals surface area contributed by atoms with Crippen molar-refractivity contribution in [3.63, 3.8) is 0 Å². The molecule has 0 radical (unpaired) electrons. The average Bonchev–Trinajstić information content (AvgIpc) is 3.06. The van der Waals surface area contributed by atoms with Gasteiger partial charge in [-0.25, -0.2) is 4.79 Å². The molecule has 3 rings (SSSR count). The summed E-state index contributed by atoms with van der Waals surface area (Å²) in [7, 11) is 1.29. The molecule has 1 heterocycles. The summed E-state index contributed by atoms with van der Waals surface area (Å²) in [5.41, 5.74) is 2.04. The fourth-order valence-electron chi connectivity index (χ4n) is 2.89. The Morgan fingerprint density at radius 2 is 1.93 bits per heavy atom. The van der Waals surface area contributed by atoms with Crippen molar-refractivity contribution in [2.75, 3.05) is 13.7 Å². The summed E-state index contributed by atoms with van der Waals surface area (Å²) in [6, 6.07) is 12.1. The van der Waals surface area contributed by atoms with Crippen LogP contribution in [-0.2, 0) is 9.53 Å². The molecule has 0 aliphatic rings. The number of ketones is 1. The van der Waals surface area contributed by atoms with Crippen LogP contribution < -0.4 is 4.74 Å². The third kappa shape index (κ3) is 3.71. The van der Waals surface area contributed by atoms with E-state index in [2.05, 4.69) is 4.74 Å². The van der Waals surface area contributed by atoms with Gasteiger partial charge in [0.25, 0.3) is 0 Å². The monoisotopic (exact) mass is 368 g/mol. The number of hydrogen-bond donors (Lipinski definition) is 1. The first-order valence-electron chi connectivity index (χ1n) is 8.46. The Kier molecular flexibility index (Phi) is 5.28. The molecule has 140 valence electrons. The molecule has 1 aromatic heterocycles. The van der Waals surface area contributed by atoms with Crippen molar-refractivity contribution in [1.29, 1.82) is 0 Å². The fourth-order valence-corrected chi connectivity index (χ4v) is 2.89. The van der Waals surface area contributed by atoms with Crippen LogP contribution in [0.1, 0.15) is 40.3 Å². The second-order valence-corrected chi connectivity index (χ2v) is 6.19. The number of para-hydroxylation sites is 1. The summed E-state index contributed by atoms with van der Waals surface area (Å²) >= 11 is 0. The third-order valence-electron chi connectivity index (χ3n) is 4.24. The van der Waals surface area contributed by atoms with Crippen LogP contribution in [0, 0.1) is 6.92 Å². The maximum atomic E-state index is 13.1. The zero-order valence-electron chi connectivity index (χ0n) is 15.3. The maximum absolute atomic E-state index is 13.1. The molecule has 0 spiro atoms. The van der Waals surface area contributed by atoms with Gasteiger partial charge in [0.05, 0.1) is 12.7 Å². The van der Waals surface area contributed by atoms with Gasteiger partial charge in [-0.2, -0.15) is 0 Å². The van der Waals surface area contributed by atoms with Crippen LogP contribution in [0.2, 0.25) is 0 Å². The van der Waals surface area contributed by atoms with Crippen LogP contribution in [0.5, 0.6) is 5.75 Å². The number of hydrogen-bond acceptors (Lipinski definition) is 6. The second-order valence-electron chi connectivity index (χ2n) is 6.19. The van der Waals surface area contributed by atoms with Gasteiger partial charge in [0, 0.05) is 10.9 Å². The highest BCUT2D eigenvalue weighted by Gasteiger charge is 2.24. The molecule has 0 bridgehead atoms. The van der Waals surface area contributed by atoms with Gasteiger partial charge in [-0.15, -0.1) is 0 Å². The lowest BCUT2D eigenvalue weighted by atomic mass is 9.97. The molecule has 6 nitrogen and oxygen atoms in total. The smallest absolute Gasteiger partial charge is 0.343 e. The van der Waals surface area contributed by atoms with Crippen molar-refractivity contribution >= 4 is 22.7 Å².